The molecule has 0 amide bonds. The van der Waals surface area contributed by atoms with Gasteiger partial charge in [-0.05, 0) is 68.3 Å². The standard InChI is InChI=1S/C44H36P2/c1-7-19-39(20-8-1)45(40-21-9-2-10-22-40,41-23-11-3-12-24-41)35-37-31-33-38(34-32-37)36-46(42-25-13-4-14-26-42,43-27-15-5-16-28-43)44-29-17-6-18-30-44/h1-36H. The van der Waals surface area contributed by atoms with Crippen LogP contribution in [0.5, 0.6) is 0 Å². The second kappa shape index (κ2) is 13.6. The first kappa shape index (κ1) is 29.8. The highest BCUT2D eigenvalue weighted by Crippen LogP contribution is 2.46. The van der Waals surface area contributed by atoms with E-state index in [0.717, 1.165) is 0 Å². The highest BCUT2D eigenvalue weighted by molar-refractivity contribution is 7.95. The van der Waals surface area contributed by atoms with Gasteiger partial charge in [-0.1, -0.05) is 206 Å². The molecule has 0 fully saturated rings. The Morgan fingerprint density at radius 1 is 0.217 bits per heavy atom. The van der Waals surface area contributed by atoms with E-state index in [1.165, 1.54) is 43.0 Å². The van der Waals surface area contributed by atoms with Crippen LogP contribution in [-0.2, 0) is 0 Å². The topological polar surface area (TPSA) is 0 Å². The minimum atomic E-state index is -2.10. The molecule has 7 rings (SSSR count). The average Bonchev–Trinajstić information content (AvgIpc) is 3.16. The lowest BCUT2D eigenvalue weighted by Gasteiger charge is -2.29. The maximum atomic E-state index is 2.55. The molecule has 7 aromatic carbocycles. The van der Waals surface area contributed by atoms with Crippen LogP contribution in [0.15, 0.2) is 206 Å². The van der Waals surface area contributed by atoms with Gasteiger partial charge in [0.25, 0.3) is 0 Å². The predicted molar refractivity (Wildman–Crippen MR) is 207 cm³/mol. The summed E-state index contributed by atoms with van der Waals surface area (Å²) in [7, 11) is 0. The molecule has 0 heterocycles. The molecule has 0 bridgehead atoms. The monoisotopic (exact) mass is 626 g/mol. The summed E-state index contributed by atoms with van der Waals surface area (Å²) < 4.78 is 0. The van der Waals surface area contributed by atoms with Crippen molar-refractivity contribution >= 4 is 57.2 Å². The zero-order valence-electron chi connectivity index (χ0n) is 25.7. The summed E-state index contributed by atoms with van der Waals surface area (Å²) in [5.74, 6) is 5.09. The summed E-state index contributed by atoms with van der Waals surface area (Å²) >= 11 is 0. The Bertz CT molecular complexity index is 1740. The molecule has 222 valence electrons. The Balaban J connectivity index is 1.46. The summed E-state index contributed by atoms with van der Waals surface area (Å²) in [5, 5.41) is 8.11. The van der Waals surface area contributed by atoms with Gasteiger partial charge in [0.05, 0.1) is 0 Å². The third-order valence-electron chi connectivity index (χ3n) is 8.60. The predicted octanol–water partition coefficient (Wildman–Crippen LogP) is 7.98. The third kappa shape index (κ3) is 5.79. The van der Waals surface area contributed by atoms with E-state index in [9.17, 15) is 0 Å². The molecule has 2 heteroatoms. The maximum absolute atomic E-state index is 2.55. The van der Waals surface area contributed by atoms with Crippen LogP contribution in [0, 0.1) is 0 Å². The lowest BCUT2D eigenvalue weighted by atomic mass is 10.2. The first-order chi connectivity index (χ1) is 22.8. The molecule has 0 nitrogen and oxygen atoms in total. The Kier molecular flexibility index (Phi) is 8.85. The van der Waals surface area contributed by atoms with Crippen molar-refractivity contribution in [2.45, 2.75) is 0 Å². The van der Waals surface area contributed by atoms with Gasteiger partial charge in [-0.3, -0.25) is 0 Å². The molecule has 0 unspecified atom stereocenters. The zero-order chi connectivity index (χ0) is 31.1. The Morgan fingerprint density at radius 3 is 0.565 bits per heavy atom. The van der Waals surface area contributed by atoms with Gasteiger partial charge in [-0.2, -0.15) is 0 Å². The van der Waals surface area contributed by atoms with E-state index in [4.69, 9.17) is 0 Å². The Hall–Kier alpha value is -4.86. The van der Waals surface area contributed by atoms with E-state index in [0.29, 0.717) is 0 Å². The Morgan fingerprint density at radius 2 is 0.391 bits per heavy atom. The van der Waals surface area contributed by atoms with Gasteiger partial charge in [0.1, 0.15) is 0 Å². The fraction of sp³-hybridized carbons (Fsp3) is 0. The van der Waals surface area contributed by atoms with Crippen LogP contribution >= 0.6 is 13.8 Å². The van der Waals surface area contributed by atoms with E-state index in [1.54, 1.807) is 0 Å². The van der Waals surface area contributed by atoms with Crippen LogP contribution in [0.25, 0.3) is 0 Å². The third-order valence-corrected chi connectivity index (χ3v) is 16.6. The van der Waals surface area contributed by atoms with Crippen LogP contribution in [0.4, 0.5) is 0 Å². The number of hydrogen-bond donors (Lipinski definition) is 0. The summed E-state index contributed by atoms with van der Waals surface area (Å²) in [6, 6.07) is 75.5. The van der Waals surface area contributed by atoms with Gasteiger partial charge in [0.15, 0.2) is 0 Å². The fourth-order valence-electron chi connectivity index (χ4n) is 6.44. The molecule has 0 saturated heterocycles. The van der Waals surface area contributed by atoms with Gasteiger partial charge in [0.2, 0.25) is 0 Å². The van der Waals surface area contributed by atoms with Crippen molar-refractivity contribution in [1.82, 2.24) is 0 Å². The van der Waals surface area contributed by atoms with Crippen molar-refractivity contribution in [3.05, 3.63) is 217 Å². The van der Waals surface area contributed by atoms with Crippen molar-refractivity contribution in [1.29, 1.82) is 0 Å². The molecule has 0 atom stereocenters. The second-order valence-corrected chi connectivity index (χ2v) is 17.9. The SMILES string of the molecule is C(c1ccc(C=P(c2ccccc2)(c2ccccc2)c2ccccc2)cc1)=P(c1ccccc1)(c1ccccc1)c1ccccc1. The normalized spacial score (nSPS) is 11.5. The van der Waals surface area contributed by atoms with Crippen LogP contribution < -0.4 is 31.8 Å². The molecule has 7 aromatic rings. The molecular formula is C44H36P2. The summed E-state index contributed by atoms with van der Waals surface area (Å²) in [5.41, 5.74) is 2.45. The van der Waals surface area contributed by atoms with Crippen LogP contribution in [0.1, 0.15) is 11.1 Å². The molecule has 0 aromatic heterocycles. The van der Waals surface area contributed by atoms with Crippen molar-refractivity contribution < 1.29 is 0 Å². The summed E-state index contributed by atoms with van der Waals surface area (Å²) in [6.45, 7) is -4.21. The van der Waals surface area contributed by atoms with Gasteiger partial charge in [0, 0.05) is 0 Å². The van der Waals surface area contributed by atoms with E-state index >= 15 is 0 Å². The van der Waals surface area contributed by atoms with E-state index in [-0.39, 0.29) is 0 Å². The lowest BCUT2D eigenvalue weighted by molar-refractivity contribution is 1.66. The number of benzene rings is 7. The fourth-order valence-corrected chi connectivity index (χ4v) is 14.2. The van der Waals surface area contributed by atoms with E-state index in [2.05, 4.69) is 218 Å². The highest BCUT2D eigenvalue weighted by atomic mass is 31.2. The molecule has 46 heavy (non-hydrogen) atoms. The van der Waals surface area contributed by atoms with Gasteiger partial charge < -0.3 is 0 Å². The van der Waals surface area contributed by atoms with Crippen molar-refractivity contribution in [3.63, 3.8) is 0 Å². The molecule has 0 spiro atoms. The quantitative estimate of drug-likeness (QED) is 0.150. The maximum Gasteiger partial charge on any atom is -0.0160 e. The molecule has 0 N–H and O–H groups in total. The molecule has 0 aliphatic rings. The first-order valence-corrected chi connectivity index (χ1v) is 19.4. The Labute approximate surface area is 273 Å². The van der Waals surface area contributed by atoms with Crippen molar-refractivity contribution in [3.8, 4) is 0 Å². The largest absolute Gasteiger partial charge is 0.0622 e. The zero-order valence-corrected chi connectivity index (χ0v) is 27.5. The number of hydrogen-bond acceptors (Lipinski definition) is 0. The summed E-state index contributed by atoms with van der Waals surface area (Å²) in [4.78, 5) is 0. The molecular weight excluding hydrogens is 590 g/mol. The molecule has 0 aliphatic heterocycles. The molecule has 0 radical (unpaired) electrons. The minimum Gasteiger partial charge on any atom is -0.0622 e. The smallest absolute Gasteiger partial charge is 0.0160 e. The summed E-state index contributed by atoms with van der Waals surface area (Å²) in [6.07, 6.45) is 0. The number of rotatable bonds is 8. The van der Waals surface area contributed by atoms with Crippen LogP contribution in [-0.4, -0.2) is 11.6 Å². The highest BCUT2D eigenvalue weighted by Gasteiger charge is 2.26. The van der Waals surface area contributed by atoms with Crippen molar-refractivity contribution in [2.24, 2.45) is 0 Å². The first-order valence-electron chi connectivity index (χ1n) is 15.7. The van der Waals surface area contributed by atoms with Crippen molar-refractivity contribution in [2.75, 3.05) is 0 Å². The minimum absolute atomic E-state index is 1.23. The van der Waals surface area contributed by atoms with Gasteiger partial charge in [-0.15, -0.1) is 0 Å². The molecule has 0 saturated carbocycles. The van der Waals surface area contributed by atoms with Gasteiger partial charge in [-0.25, -0.2) is 0 Å². The van der Waals surface area contributed by atoms with E-state index < -0.39 is 13.8 Å². The van der Waals surface area contributed by atoms with E-state index in [1.807, 2.05) is 0 Å². The lowest BCUT2D eigenvalue weighted by Crippen LogP contribution is -2.27. The average molecular weight is 627 g/mol. The van der Waals surface area contributed by atoms with Gasteiger partial charge >= 0.3 is 0 Å². The second-order valence-electron chi connectivity index (χ2n) is 11.4. The molecule has 0 aliphatic carbocycles. The van der Waals surface area contributed by atoms with Crippen LogP contribution in [0.2, 0.25) is 0 Å². The van der Waals surface area contributed by atoms with Crippen LogP contribution in [0.3, 0.4) is 0 Å².